The van der Waals surface area contributed by atoms with E-state index in [1.807, 2.05) is 0 Å². The molecule has 0 N–H and O–H groups in total. The van der Waals surface area contributed by atoms with Gasteiger partial charge in [0.1, 0.15) is 5.78 Å². The molecule has 8 heteroatoms. The molecule has 1 atom stereocenters. The van der Waals surface area contributed by atoms with E-state index in [0.29, 0.717) is 5.56 Å². The quantitative estimate of drug-likeness (QED) is 0.308. The van der Waals surface area contributed by atoms with Gasteiger partial charge in [0.05, 0.1) is 24.1 Å². The van der Waals surface area contributed by atoms with Crippen LogP contribution < -0.4 is 0 Å². The van der Waals surface area contributed by atoms with Crippen LogP contribution in [0.15, 0.2) is 24.3 Å². The maximum atomic E-state index is 12.2. The van der Waals surface area contributed by atoms with Crippen molar-refractivity contribution >= 4 is 23.4 Å². The smallest absolute Gasteiger partial charge is 0.321 e. The van der Waals surface area contributed by atoms with Crippen molar-refractivity contribution < 1.29 is 28.8 Å². The average Bonchev–Trinajstić information content (AvgIpc) is 2.52. The molecule has 0 bridgehead atoms. The first kappa shape index (κ1) is 19.3. The van der Waals surface area contributed by atoms with Gasteiger partial charge in [-0.05, 0) is 26.3 Å². The Morgan fingerprint density at radius 3 is 1.83 bits per heavy atom. The number of nitro groups is 1. The minimum atomic E-state index is -1.45. The largest absolute Gasteiger partial charge is 0.465 e. The number of carbonyl (C=O) groups excluding carboxylic acids is 3. The molecular weight excluding hydrogens is 318 g/mol. The Balaban J connectivity index is 3.29. The van der Waals surface area contributed by atoms with Crippen molar-refractivity contribution in [2.75, 3.05) is 13.2 Å². The van der Waals surface area contributed by atoms with Crippen molar-refractivity contribution in [1.82, 2.24) is 0 Å². The number of hydrogen-bond acceptors (Lipinski definition) is 7. The van der Waals surface area contributed by atoms with Crippen molar-refractivity contribution in [3.63, 3.8) is 0 Å². The van der Waals surface area contributed by atoms with Crippen LogP contribution in [0.4, 0.5) is 5.69 Å². The summed E-state index contributed by atoms with van der Waals surface area (Å²) >= 11 is 0. The first-order valence-corrected chi connectivity index (χ1v) is 7.41. The normalized spacial score (nSPS) is 11.7. The summed E-state index contributed by atoms with van der Waals surface area (Å²) in [6.07, 6.45) is 0. The van der Waals surface area contributed by atoms with E-state index in [-0.39, 0.29) is 18.9 Å². The van der Waals surface area contributed by atoms with Crippen LogP contribution in [0.2, 0.25) is 0 Å². The lowest BCUT2D eigenvalue weighted by molar-refractivity contribution is -0.384. The van der Waals surface area contributed by atoms with Crippen molar-refractivity contribution in [3.8, 4) is 0 Å². The second-order valence-electron chi connectivity index (χ2n) is 4.92. The zero-order valence-electron chi connectivity index (χ0n) is 13.7. The molecule has 0 amide bonds. The van der Waals surface area contributed by atoms with Gasteiger partial charge in [-0.1, -0.05) is 12.1 Å². The van der Waals surface area contributed by atoms with Gasteiger partial charge >= 0.3 is 11.9 Å². The molecule has 1 unspecified atom stereocenters. The SMILES string of the molecule is CCOC(=O)C(C(=O)OCC)C(C(C)=O)c1ccc([N+](=O)[O-])cc1. The number of nitro benzene ring substituents is 1. The Kier molecular flexibility index (Phi) is 7.03. The lowest BCUT2D eigenvalue weighted by Crippen LogP contribution is -2.36. The predicted molar refractivity (Wildman–Crippen MR) is 83.3 cm³/mol. The number of ketones is 1. The van der Waals surface area contributed by atoms with Crippen LogP contribution in [0.3, 0.4) is 0 Å². The third-order valence-corrected chi connectivity index (χ3v) is 3.32. The molecule has 0 aliphatic rings. The molecular formula is C16H19NO7. The standard InChI is InChI=1S/C16H19NO7/c1-4-23-15(19)14(16(20)24-5-2)13(10(3)18)11-6-8-12(9-7-11)17(21)22/h6-9,13-14H,4-5H2,1-3H3. The van der Waals surface area contributed by atoms with E-state index in [1.54, 1.807) is 13.8 Å². The minimum Gasteiger partial charge on any atom is -0.465 e. The molecule has 130 valence electrons. The third kappa shape index (κ3) is 4.61. The summed E-state index contributed by atoms with van der Waals surface area (Å²) in [6.45, 7) is 4.47. The van der Waals surface area contributed by atoms with E-state index in [1.165, 1.54) is 31.2 Å². The summed E-state index contributed by atoms with van der Waals surface area (Å²) in [6, 6.07) is 5.10. The highest BCUT2D eigenvalue weighted by molar-refractivity contribution is 6.02. The van der Waals surface area contributed by atoms with Crippen LogP contribution in [0.1, 0.15) is 32.3 Å². The lowest BCUT2D eigenvalue weighted by Gasteiger charge is -2.22. The van der Waals surface area contributed by atoms with Crippen molar-refractivity contribution in [2.24, 2.45) is 5.92 Å². The average molecular weight is 337 g/mol. The number of nitrogens with zero attached hydrogens (tertiary/aromatic N) is 1. The van der Waals surface area contributed by atoms with Gasteiger partial charge in [-0.3, -0.25) is 24.5 Å². The second-order valence-corrected chi connectivity index (χ2v) is 4.92. The molecule has 0 fully saturated rings. The van der Waals surface area contributed by atoms with Crippen LogP contribution in [0, 0.1) is 16.0 Å². The van der Waals surface area contributed by atoms with Gasteiger partial charge in [0, 0.05) is 12.1 Å². The fourth-order valence-electron chi connectivity index (χ4n) is 2.30. The molecule has 0 heterocycles. The molecule has 0 aliphatic heterocycles. The van der Waals surface area contributed by atoms with E-state index in [2.05, 4.69) is 0 Å². The zero-order valence-corrected chi connectivity index (χ0v) is 13.7. The number of non-ortho nitro benzene ring substituents is 1. The number of hydrogen-bond donors (Lipinski definition) is 0. The van der Waals surface area contributed by atoms with Crippen LogP contribution >= 0.6 is 0 Å². The fraction of sp³-hybridized carbons (Fsp3) is 0.438. The first-order chi connectivity index (χ1) is 11.3. The van der Waals surface area contributed by atoms with Crippen LogP contribution in [-0.4, -0.2) is 35.9 Å². The summed E-state index contributed by atoms with van der Waals surface area (Å²) in [4.78, 5) is 46.6. The molecule has 0 radical (unpaired) electrons. The van der Waals surface area contributed by atoms with Gasteiger partial charge in [0.2, 0.25) is 0 Å². The molecule has 0 saturated heterocycles. The van der Waals surface area contributed by atoms with Gasteiger partial charge in [-0.25, -0.2) is 0 Å². The van der Waals surface area contributed by atoms with E-state index >= 15 is 0 Å². The van der Waals surface area contributed by atoms with E-state index in [4.69, 9.17) is 9.47 Å². The molecule has 1 rings (SSSR count). The summed E-state index contributed by atoms with van der Waals surface area (Å²) in [5, 5.41) is 10.7. The number of benzene rings is 1. The van der Waals surface area contributed by atoms with E-state index in [0.717, 1.165) is 0 Å². The number of carbonyl (C=O) groups is 3. The summed E-state index contributed by atoms with van der Waals surface area (Å²) in [7, 11) is 0. The molecule has 0 aliphatic carbocycles. The van der Waals surface area contributed by atoms with Crippen LogP contribution in [0.25, 0.3) is 0 Å². The summed E-state index contributed by atoms with van der Waals surface area (Å²) in [5.41, 5.74) is 0.143. The summed E-state index contributed by atoms with van der Waals surface area (Å²) in [5.74, 6) is -4.77. The first-order valence-electron chi connectivity index (χ1n) is 7.41. The number of Topliss-reactive ketones (excluding diaryl/α,β-unsaturated/α-hetero) is 1. The van der Waals surface area contributed by atoms with Crippen LogP contribution in [-0.2, 0) is 23.9 Å². The number of ether oxygens (including phenoxy) is 2. The van der Waals surface area contributed by atoms with Crippen molar-refractivity contribution in [3.05, 3.63) is 39.9 Å². The fourth-order valence-corrected chi connectivity index (χ4v) is 2.30. The molecule has 1 aromatic rings. The molecule has 24 heavy (non-hydrogen) atoms. The Morgan fingerprint density at radius 1 is 1.04 bits per heavy atom. The topological polar surface area (TPSA) is 113 Å². The Bertz CT molecular complexity index is 606. The monoisotopic (exact) mass is 337 g/mol. The summed E-state index contributed by atoms with van der Waals surface area (Å²) < 4.78 is 9.77. The van der Waals surface area contributed by atoms with Crippen molar-refractivity contribution in [2.45, 2.75) is 26.7 Å². The predicted octanol–water partition coefficient (Wildman–Crippen LogP) is 2.01. The Hall–Kier alpha value is -2.77. The highest BCUT2D eigenvalue weighted by Crippen LogP contribution is 2.29. The minimum absolute atomic E-state index is 0.0413. The Morgan fingerprint density at radius 2 is 1.50 bits per heavy atom. The van der Waals surface area contributed by atoms with Gasteiger partial charge in [0.25, 0.3) is 5.69 Å². The Labute approximate surface area is 138 Å². The molecule has 0 aromatic heterocycles. The van der Waals surface area contributed by atoms with Crippen molar-refractivity contribution in [1.29, 1.82) is 0 Å². The van der Waals surface area contributed by atoms with Gasteiger partial charge in [-0.15, -0.1) is 0 Å². The maximum absolute atomic E-state index is 12.2. The highest BCUT2D eigenvalue weighted by atomic mass is 16.6. The van der Waals surface area contributed by atoms with Gasteiger partial charge in [-0.2, -0.15) is 0 Å². The maximum Gasteiger partial charge on any atom is 0.321 e. The second kappa shape index (κ2) is 8.76. The lowest BCUT2D eigenvalue weighted by atomic mass is 9.83. The van der Waals surface area contributed by atoms with E-state index < -0.39 is 34.5 Å². The van der Waals surface area contributed by atoms with E-state index in [9.17, 15) is 24.5 Å². The number of esters is 2. The third-order valence-electron chi connectivity index (χ3n) is 3.32. The number of rotatable bonds is 8. The molecule has 0 saturated carbocycles. The van der Waals surface area contributed by atoms with Gasteiger partial charge < -0.3 is 9.47 Å². The molecule has 8 nitrogen and oxygen atoms in total. The zero-order chi connectivity index (χ0) is 18.3. The molecule has 0 spiro atoms. The highest BCUT2D eigenvalue weighted by Gasteiger charge is 2.41. The van der Waals surface area contributed by atoms with Crippen LogP contribution in [0.5, 0.6) is 0 Å². The van der Waals surface area contributed by atoms with Gasteiger partial charge in [0.15, 0.2) is 5.92 Å². The molecule has 1 aromatic carbocycles.